The van der Waals surface area contributed by atoms with Crippen LogP contribution in [-0.2, 0) is 9.53 Å². The molecule has 3 unspecified atom stereocenters. The number of nitrogens with zero attached hydrogens (tertiary/aromatic N) is 1. The van der Waals surface area contributed by atoms with Crippen molar-refractivity contribution in [2.45, 2.75) is 49.8 Å². The monoisotopic (exact) mass is 256 g/mol. The lowest BCUT2D eigenvalue weighted by Crippen LogP contribution is -2.51. The van der Waals surface area contributed by atoms with Gasteiger partial charge in [-0.25, -0.2) is 0 Å². The van der Waals surface area contributed by atoms with Gasteiger partial charge in [0.25, 0.3) is 0 Å². The van der Waals surface area contributed by atoms with Gasteiger partial charge in [0.1, 0.15) is 5.54 Å². The number of nitrogens with one attached hydrogen (secondary N) is 1. The number of carbonyl (C=O) groups is 1. The number of carboxylic acids is 1. The van der Waals surface area contributed by atoms with Crippen molar-refractivity contribution >= 4 is 5.97 Å². The summed E-state index contributed by atoms with van der Waals surface area (Å²) in [5, 5.41) is 12.4. The first-order chi connectivity index (χ1) is 8.61. The van der Waals surface area contributed by atoms with E-state index in [0.717, 1.165) is 38.8 Å². The topological polar surface area (TPSA) is 61.8 Å². The summed E-state index contributed by atoms with van der Waals surface area (Å²) >= 11 is 0. The van der Waals surface area contributed by atoms with Gasteiger partial charge in [0.15, 0.2) is 0 Å². The molecule has 0 amide bonds. The maximum atomic E-state index is 11.4. The Kier molecular flexibility index (Phi) is 4.25. The van der Waals surface area contributed by atoms with E-state index in [9.17, 15) is 9.90 Å². The molecule has 18 heavy (non-hydrogen) atoms. The third-order valence-corrected chi connectivity index (χ3v) is 4.64. The fourth-order valence-electron chi connectivity index (χ4n) is 3.35. The molecule has 5 heteroatoms. The molecule has 1 saturated heterocycles. The van der Waals surface area contributed by atoms with Gasteiger partial charge in [0.05, 0.1) is 6.10 Å². The number of piperidine rings is 1. The molecule has 0 bridgehead atoms. The van der Waals surface area contributed by atoms with Crippen LogP contribution < -0.4 is 5.32 Å². The highest BCUT2D eigenvalue weighted by Gasteiger charge is 2.46. The second-order valence-electron chi connectivity index (χ2n) is 5.53. The zero-order valence-electron chi connectivity index (χ0n) is 11.3. The van der Waals surface area contributed by atoms with E-state index in [1.165, 1.54) is 0 Å². The van der Waals surface area contributed by atoms with E-state index in [4.69, 9.17) is 4.74 Å². The molecule has 2 rings (SSSR count). The second kappa shape index (κ2) is 5.55. The van der Waals surface area contributed by atoms with Gasteiger partial charge in [-0.1, -0.05) is 0 Å². The third kappa shape index (κ3) is 2.53. The summed E-state index contributed by atoms with van der Waals surface area (Å²) in [6, 6.07) is 0.381. The first-order valence-electron chi connectivity index (χ1n) is 6.80. The number of aliphatic carboxylic acids is 1. The molecule has 2 fully saturated rings. The second-order valence-corrected chi connectivity index (χ2v) is 5.53. The highest BCUT2D eigenvalue weighted by atomic mass is 16.5. The molecule has 5 nitrogen and oxygen atoms in total. The number of likely N-dealkylation sites (tertiary alicyclic amines) is 1. The van der Waals surface area contributed by atoms with E-state index < -0.39 is 11.5 Å². The molecule has 0 aromatic rings. The highest BCUT2D eigenvalue weighted by Crippen LogP contribution is 2.34. The zero-order valence-corrected chi connectivity index (χ0v) is 11.3. The van der Waals surface area contributed by atoms with Crippen molar-refractivity contribution in [3.8, 4) is 0 Å². The average molecular weight is 256 g/mol. The number of hydrogen-bond donors (Lipinski definition) is 2. The quantitative estimate of drug-likeness (QED) is 0.775. The largest absolute Gasteiger partial charge is 0.480 e. The Morgan fingerprint density at radius 2 is 2.28 bits per heavy atom. The molecule has 1 aliphatic carbocycles. The van der Waals surface area contributed by atoms with Crippen LogP contribution in [0.25, 0.3) is 0 Å². The molecule has 3 atom stereocenters. The molecule has 1 aliphatic heterocycles. The lowest BCUT2D eigenvalue weighted by atomic mass is 9.97. The molecule has 104 valence electrons. The minimum Gasteiger partial charge on any atom is -0.480 e. The summed E-state index contributed by atoms with van der Waals surface area (Å²) < 4.78 is 5.43. The van der Waals surface area contributed by atoms with Crippen molar-refractivity contribution < 1.29 is 14.6 Å². The molecule has 0 aromatic carbocycles. The summed E-state index contributed by atoms with van der Waals surface area (Å²) in [6.07, 6.45) is 4.97. The minimum atomic E-state index is -0.718. The number of carboxylic acid groups (broad SMARTS) is 1. The summed E-state index contributed by atoms with van der Waals surface area (Å²) in [4.78, 5) is 13.8. The summed E-state index contributed by atoms with van der Waals surface area (Å²) in [6.45, 7) is 2.02. The predicted octanol–water partition coefficient (Wildman–Crippen LogP) is 0.693. The van der Waals surface area contributed by atoms with Crippen molar-refractivity contribution in [3.63, 3.8) is 0 Å². The van der Waals surface area contributed by atoms with Gasteiger partial charge in [-0.15, -0.1) is 0 Å². The maximum Gasteiger partial charge on any atom is 0.323 e. The van der Waals surface area contributed by atoms with Gasteiger partial charge >= 0.3 is 5.97 Å². The van der Waals surface area contributed by atoms with Gasteiger partial charge in [0.2, 0.25) is 0 Å². The van der Waals surface area contributed by atoms with Crippen molar-refractivity contribution in [1.82, 2.24) is 10.2 Å². The fraction of sp³-hybridized carbons (Fsp3) is 0.923. The van der Waals surface area contributed by atoms with Gasteiger partial charge in [-0.05, 0) is 45.7 Å². The maximum absolute atomic E-state index is 11.4. The molecule has 2 N–H and O–H groups in total. The fourth-order valence-corrected chi connectivity index (χ4v) is 3.35. The van der Waals surface area contributed by atoms with Crippen LogP contribution in [0.2, 0.25) is 0 Å². The van der Waals surface area contributed by atoms with E-state index in [0.29, 0.717) is 18.6 Å². The van der Waals surface area contributed by atoms with Crippen LogP contribution in [0.1, 0.15) is 32.1 Å². The average Bonchev–Trinajstić information content (AvgIpc) is 2.84. The number of likely N-dealkylation sites (N-methyl/N-ethyl adjacent to an activating group) is 1. The summed E-state index contributed by atoms with van der Waals surface area (Å²) in [5.74, 6) is -0.715. The third-order valence-electron chi connectivity index (χ3n) is 4.64. The molecular formula is C13H24N2O3. The van der Waals surface area contributed by atoms with Crippen LogP contribution in [0.5, 0.6) is 0 Å². The SMILES string of the molecule is CNC1(C(=O)O)CCC(N2CCCC(OC)C2)C1. The lowest BCUT2D eigenvalue weighted by molar-refractivity contribution is -0.144. The smallest absolute Gasteiger partial charge is 0.323 e. The van der Waals surface area contributed by atoms with Crippen LogP contribution in [0.15, 0.2) is 0 Å². The Balaban J connectivity index is 1.97. The van der Waals surface area contributed by atoms with Crippen molar-refractivity contribution in [2.75, 3.05) is 27.2 Å². The number of hydrogen-bond acceptors (Lipinski definition) is 4. The van der Waals surface area contributed by atoms with Crippen LogP contribution in [-0.4, -0.2) is 60.9 Å². The van der Waals surface area contributed by atoms with Crippen molar-refractivity contribution in [2.24, 2.45) is 0 Å². The zero-order chi connectivity index (χ0) is 13.2. The van der Waals surface area contributed by atoms with E-state index in [1.54, 1.807) is 14.2 Å². The van der Waals surface area contributed by atoms with Crippen LogP contribution >= 0.6 is 0 Å². The highest BCUT2D eigenvalue weighted by molar-refractivity contribution is 5.79. The van der Waals surface area contributed by atoms with Gasteiger partial charge in [-0.3, -0.25) is 9.69 Å². The van der Waals surface area contributed by atoms with Crippen LogP contribution in [0.4, 0.5) is 0 Å². The summed E-state index contributed by atoms with van der Waals surface area (Å²) in [7, 11) is 3.52. The Morgan fingerprint density at radius 3 is 2.83 bits per heavy atom. The Bertz CT molecular complexity index is 311. The summed E-state index contributed by atoms with van der Waals surface area (Å²) in [5.41, 5.74) is -0.718. The van der Waals surface area contributed by atoms with Crippen molar-refractivity contribution in [3.05, 3.63) is 0 Å². The predicted molar refractivity (Wildman–Crippen MR) is 68.7 cm³/mol. The number of rotatable bonds is 4. The van der Waals surface area contributed by atoms with Gasteiger partial charge < -0.3 is 15.2 Å². The Hall–Kier alpha value is -0.650. The van der Waals surface area contributed by atoms with Gasteiger partial charge in [-0.2, -0.15) is 0 Å². The van der Waals surface area contributed by atoms with Crippen LogP contribution in [0, 0.1) is 0 Å². The van der Waals surface area contributed by atoms with E-state index in [1.807, 2.05) is 0 Å². The molecule has 1 heterocycles. The Labute approximate surface area is 108 Å². The molecule has 0 spiro atoms. The molecule has 2 aliphatic rings. The lowest BCUT2D eigenvalue weighted by Gasteiger charge is -2.36. The number of methoxy groups -OCH3 is 1. The standard InChI is InChI=1S/C13H24N2O3/c1-14-13(12(16)17)6-5-10(8-13)15-7-3-4-11(9-15)18-2/h10-11,14H,3-9H2,1-2H3,(H,16,17). The van der Waals surface area contributed by atoms with Crippen LogP contribution in [0.3, 0.4) is 0 Å². The van der Waals surface area contributed by atoms with E-state index in [2.05, 4.69) is 10.2 Å². The van der Waals surface area contributed by atoms with Gasteiger partial charge in [0, 0.05) is 19.7 Å². The first kappa shape index (κ1) is 13.8. The molecule has 0 radical (unpaired) electrons. The first-order valence-corrected chi connectivity index (χ1v) is 6.80. The normalized spacial score (nSPS) is 37.9. The molecule has 1 saturated carbocycles. The Morgan fingerprint density at radius 1 is 1.50 bits per heavy atom. The molecular weight excluding hydrogens is 232 g/mol. The van der Waals surface area contributed by atoms with Crippen molar-refractivity contribution in [1.29, 1.82) is 0 Å². The minimum absolute atomic E-state index is 0.313. The molecule has 0 aromatic heterocycles. The van der Waals surface area contributed by atoms with E-state index in [-0.39, 0.29) is 0 Å². The number of ether oxygens (including phenoxy) is 1. The van der Waals surface area contributed by atoms with E-state index >= 15 is 0 Å².